The zero-order valence-electron chi connectivity index (χ0n) is 12.2. The molecule has 118 valence electrons. The third-order valence-corrected chi connectivity index (χ3v) is 3.87. The van der Waals surface area contributed by atoms with Crippen molar-refractivity contribution in [2.45, 2.75) is 31.8 Å². The third-order valence-electron chi connectivity index (χ3n) is 3.87. The molecule has 1 fully saturated rings. The number of benzene rings is 1. The lowest BCUT2D eigenvalue weighted by atomic mass is 10.0. The van der Waals surface area contributed by atoms with Gasteiger partial charge >= 0.3 is 0 Å². The van der Waals surface area contributed by atoms with Gasteiger partial charge in [-0.15, -0.1) is 12.4 Å². The molecule has 2 N–H and O–H groups in total. The number of ether oxygens (including phenoxy) is 1. The first-order valence-corrected chi connectivity index (χ1v) is 6.91. The highest BCUT2D eigenvalue weighted by atomic mass is 35.5. The quantitative estimate of drug-likeness (QED) is 0.666. The van der Waals surface area contributed by atoms with Gasteiger partial charge < -0.3 is 10.5 Å². The standard InChI is InChI=1S/C14H21N3O3.ClH/c1-20-14-6-5-12(17(18)19)8-11(14)10-16-7-3-2-4-13(16)9-15;/h5-6,8,13H,2-4,7,9-10,15H2,1H3;1H. The van der Waals surface area contributed by atoms with Crippen molar-refractivity contribution < 1.29 is 9.66 Å². The number of nitro benzene ring substituents is 1. The summed E-state index contributed by atoms with van der Waals surface area (Å²) in [4.78, 5) is 12.8. The van der Waals surface area contributed by atoms with E-state index in [4.69, 9.17) is 10.5 Å². The van der Waals surface area contributed by atoms with E-state index in [-0.39, 0.29) is 23.0 Å². The molecule has 1 aliphatic rings. The molecular weight excluding hydrogens is 294 g/mol. The molecule has 2 rings (SSSR count). The molecule has 0 bridgehead atoms. The van der Waals surface area contributed by atoms with Gasteiger partial charge in [0.25, 0.3) is 5.69 Å². The van der Waals surface area contributed by atoms with Crippen LogP contribution in [0.25, 0.3) is 0 Å². The van der Waals surface area contributed by atoms with Crippen LogP contribution in [0, 0.1) is 10.1 Å². The Morgan fingerprint density at radius 1 is 1.48 bits per heavy atom. The molecule has 1 saturated heterocycles. The lowest BCUT2D eigenvalue weighted by Gasteiger charge is -2.35. The molecule has 1 atom stereocenters. The summed E-state index contributed by atoms with van der Waals surface area (Å²) in [6, 6.07) is 5.09. The van der Waals surface area contributed by atoms with Crippen molar-refractivity contribution in [1.29, 1.82) is 0 Å². The van der Waals surface area contributed by atoms with Crippen molar-refractivity contribution in [1.82, 2.24) is 4.90 Å². The van der Waals surface area contributed by atoms with E-state index in [1.165, 1.54) is 12.5 Å². The normalized spacial score (nSPS) is 18.9. The van der Waals surface area contributed by atoms with Gasteiger partial charge in [0.05, 0.1) is 12.0 Å². The average Bonchev–Trinajstić information content (AvgIpc) is 2.47. The number of nitrogens with two attached hydrogens (primary N) is 1. The van der Waals surface area contributed by atoms with E-state index in [1.54, 1.807) is 19.2 Å². The Labute approximate surface area is 130 Å². The van der Waals surface area contributed by atoms with Gasteiger partial charge in [-0.1, -0.05) is 6.42 Å². The summed E-state index contributed by atoms with van der Waals surface area (Å²) in [5, 5.41) is 10.9. The molecule has 1 aliphatic heterocycles. The Kier molecular flexibility index (Phi) is 6.87. The van der Waals surface area contributed by atoms with E-state index >= 15 is 0 Å². The van der Waals surface area contributed by atoms with Crippen LogP contribution in [0.1, 0.15) is 24.8 Å². The highest BCUT2D eigenvalue weighted by Gasteiger charge is 2.23. The summed E-state index contributed by atoms with van der Waals surface area (Å²) < 4.78 is 5.31. The number of methoxy groups -OCH3 is 1. The first-order valence-electron chi connectivity index (χ1n) is 6.91. The van der Waals surface area contributed by atoms with Crippen molar-refractivity contribution >= 4 is 18.1 Å². The lowest BCUT2D eigenvalue weighted by molar-refractivity contribution is -0.385. The van der Waals surface area contributed by atoms with Crippen molar-refractivity contribution in [2.75, 3.05) is 20.2 Å². The van der Waals surface area contributed by atoms with E-state index in [9.17, 15) is 10.1 Å². The Morgan fingerprint density at radius 3 is 2.86 bits per heavy atom. The van der Waals surface area contributed by atoms with Crippen LogP contribution in [0.15, 0.2) is 18.2 Å². The van der Waals surface area contributed by atoms with E-state index in [0.29, 0.717) is 24.9 Å². The van der Waals surface area contributed by atoms with Crippen molar-refractivity contribution in [3.63, 3.8) is 0 Å². The minimum absolute atomic E-state index is 0. The second kappa shape index (κ2) is 8.17. The van der Waals surface area contributed by atoms with E-state index < -0.39 is 0 Å². The summed E-state index contributed by atoms with van der Waals surface area (Å²) in [6.07, 6.45) is 3.44. The molecule has 1 aromatic rings. The zero-order valence-corrected chi connectivity index (χ0v) is 13.0. The fraction of sp³-hybridized carbons (Fsp3) is 0.571. The Balaban J connectivity index is 0.00000220. The molecule has 0 aromatic heterocycles. The maximum atomic E-state index is 10.9. The van der Waals surface area contributed by atoms with Gasteiger partial charge in [0, 0.05) is 36.8 Å². The third kappa shape index (κ3) is 4.30. The maximum absolute atomic E-state index is 10.9. The molecule has 7 heteroatoms. The van der Waals surface area contributed by atoms with Gasteiger partial charge in [0.15, 0.2) is 0 Å². The first-order chi connectivity index (χ1) is 9.65. The smallest absolute Gasteiger partial charge is 0.270 e. The number of halogens is 1. The fourth-order valence-electron chi connectivity index (χ4n) is 2.76. The van der Waals surface area contributed by atoms with Crippen LogP contribution >= 0.6 is 12.4 Å². The monoisotopic (exact) mass is 315 g/mol. The number of hydrogen-bond donors (Lipinski definition) is 1. The van der Waals surface area contributed by atoms with Crippen molar-refractivity contribution in [3.8, 4) is 5.75 Å². The van der Waals surface area contributed by atoms with Crippen LogP contribution in [0.4, 0.5) is 5.69 Å². The highest BCUT2D eigenvalue weighted by Crippen LogP contribution is 2.27. The number of piperidine rings is 1. The Bertz CT molecular complexity index is 485. The number of rotatable bonds is 5. The molecule has 1 heterocycles. The predicted octanol–water partition coefficient (Wildman–Crippen LogP) is 2.34. The van der Waals surface area contributed by atoms with E-state index in [1.807, 2.05) is 0 Å². The van der Waals surface area contributed by atoms with E-state index in [2.05, 4.69) is 4.90 Å². The largest absolute Gasteiger partial charge is 0.496 e. The highest BCUT2D eigenvalue weighted by molar-refractivity contribution is 5.85. The number of non-ortho nitro benzene ring substituents is 1. The van der Waals surface area contributed by atoms with Crippen molar-refractivity contribution in [3.05, 3.63) is 33.9 Å². The number of nitro groups is 1. The summed E-state index contributed by atoms with van der Waals surface area (Å²) in [6.45, 7) is 2.25. The van der Waals surface area contributed by atoms with Gasteiger partial charge in [-0.25, -0.2) is 0 Å². The van der Waals surface area contributed by atoms with E-state index in [0.717, 1.165) is 24.9 Å². The van der Waals surface area contributed by atoms with Crippen LogP contribution in [-0.4, -0.2) is 36.1 Å². The van der Waals surface area contributed by atoms with Crippen molar-refractivity contribution in [2.24, 2.45) is 5.73 Å². The minimum atomic E-state index is -0.375. The summed E-state index contributed by atoms with van der Waals surface area (Å²) in [5.41, 5.74) is 6.76. The summed E-state index contributed by atoms with van der Waals surface area (Å²) in [7, 11) is 1.58. The average molecular weight is 316 g/mol. The first kappa shape index (κ1) is 17.7. The molecule has 6 nitrogen and oxygen atoms in total. The Morgan fingerprint density at radius 2 is 2.24 bits per heavy atom. The van der Waals surface area contributed by atoms with Gasteiger partial charge in [0.2, 0.25) is 0 Å². The number of hydrogen-bond acceptors (Lipinski definition) is 5. The van der Waals surface area contributed by atoms with Crippen LogP contribution in [-0.2, 0) is 6.54 Å². The molecule has 0 amide bonds. The topological polar surface area (TPSA) is 81.6 Å². The minimum Gasteiger partial charge on any atom is -0.496 e. The zero-order chi connectivity index (χ0) is 14.5. The second-order valence-electron chi connectivity index (χ2n) is 5.11. The van der Waals surface area contributed by atoms with Crippen LogP contribution in [0.3, 0.4) is 0 Å². The maximum Gasteiger partial charge on any atom is 0.270 e. The molecule has 1 unspecified atom stereocenters. The molecule has 0 saturated carbocycles. The fourth-order valence-corrected chi connectivity index (χ4v) is 2.76. The lowest BCUT2D eigenvalue weighted by Crippen LogP contribution is -2.43. The number of likely N-dealkylation sites (tertiary alicyclic amines) is 1. The van der Waals surface area contributed by atoms with Crippen LogP contribution < -0.4 is 10.5 Å². The van der Waals surface area contributed by atoms with Crippen LogP contribution in [0.5, 0.6) is 5.75 Å². The van der Waals surface area contributed by atoms with Gasteiger partial charge in [-0.05, 0) is 25.5 Å². The number of nitrogens with zero attached hydrogens (tertiary/aromatic N) is 2. The van der Waals surface area contributed by atoms with Crippen LogP contribution in [0.2, 0.25) is 0 Å². The van der Waals surface area contributed by atoms with Gasteiger partial charge in [-0.2, -0.15) is 0 Å². The van der Waals surface area contributed by atoms with Gasteiger partial charge in [-0.3, -0.25) is 15.0 Å². The second-order valence-corrected chi connectivity index (χ2v) is 5.11. The van der Waals surface area contributed by atoms with Gasteiger partial charge in [0.1, 0.15) is 5.75 Å². The SMILES string of the molecule is COc1ccc([N+](=O)[O-])cc1CN1CCCCC1CN.Cl. The Hall–Kier alpha value is -1.37. The molecule has 0 spiro atoms. The molecule has 21 heavy (non-hydrogen) atoms. The molecule has 0 radical (unpaired) electrons. The predicted molar refractivity (Wildman–Crippen MR) is 84.0 cm³/mol. The molecule has 0 aliphatic carbocycles. The molecular formula is C14H22ClN3O3. The summed E-state index contributed by atoms with van der Waals surface area (Å²) >= 11 is 0. The summed E-state index contributed by atoms with van der Waals surface area (Å²) in [5.74, 6) is 0.692. The molecule has 1 aromatic carbocycles.